The molecule has 0 N–H and O–H groups in total. The number of amides is 2. The lowest BCUT2D eigenvalue weighted by atomic mass is 9.92. The molecule has 28 heavy (non-hydrogen) atoms. The summed E-state index contributed by atoms with van der Waals surface area (Å²) >= 11 is 0. The summed E-state index contributed by atoms with van der Waals surface area (Å²) in [4.78, 5) is 40.2. The minimum absolute atomic E-state index is 0.0391. The minimum atomic E-state index is 0.0391. The molecule has 7 heteroatoms. The van der Waals surface area contributed by atoms with Crippen LogP contribution in [0.1, 0.15) is 54.6 Å². The maximum Gasteiger partial charge on any atom is 0.257 e. The quantitative estimate of drug-likeness (QED) is 0.792. The van der Waals surface area contributed by atoms with Crippen LogP contribution in [0, 0.1) is 12.8 Å². The predicted octanol–water partition coefficient (Wildman–Crippen LogP) is 1.72. The van der Waals surface area contributed by atoms with E-state index >= 15 is 0 Å². The molecule has 3 aliphatic heterocycles. The van der Waals surface area contributed by atoms with E-state index in [4.69, 9.17) is 0 Å². The average molecular weight is 386 g/mol. The molecule has 1 aromatic rings. The molecule has 0 radical (unpaired) electrons. The van der Waals surface area contributed by atoms with Gasteiger partial charge in [-0.1, -0.05) is 0 Å². The van der Waals surface area contributed by atoms with Crippen molar-refractivity contribution >= 4 is 11.8 Å². The highest BCUT2D eigenvalue weighted by molar-refractivity contribution is 5.94. The first kappa shape index (κ1) is 19.3. The minimum Gasteiger partial charge on any atom is -0.342 e. The topological polar surface area (TPSA) is 69.6 Å². The standard InChI is InChI=1S/C21H31N5O2/c1-16-19(13-22-15-23-16)21(28)25-11-6-18(7-12-25)26-10-4-5-17(14-26)20(27)24-8-2-3-9-24/h13,15,17-18H,2-12,14H2,1H3. The summed E-state index contributed by atoms with van der Waals surface area (Å²) < 4.78 is 0. The maximum absolute atomic E-state index is 12.8. The van der Waals surface area contributed by atoms with E-state index in [9.17, 15) is 9.59 Å². The number of carbonyl (C=O) groups excluding carboxylic acids is 2. The Morgan fingerprint density at radius 1 is 0.964 bits per heavy atom. The Morgan fingerprint density at radius 3 is 2.43 bits per heavy atom. The van der Waals surface area contributed by atoms with Gasteiger partial charge >= 0.3 is 0 Å². The zero-order valence-corrected chi connectivity index (χ0v) is 16.8. The van der Waals surface area contributed by atoms with E-state index in [0.717, 1.165) is 83.5 Å². The van der Waals surface area contributed by atoms with Gasteiger partial charge < -0.3 is 9.80 Å². The molecule has 2 amide bonds. The average Bonchev–Trinajstić information content (AvgIpc) is 3.28. The van der Waals surface area contributed by atoms with Crippen LogP contribution in [0.4, 0.5) is 0 Å². The third-order valence-electron chi connectivity index (χ3n) is 6.63. The van der Waals surface area contributed by atoms with Gasteiger partial charge in [-0.15, -0.1) is 0 Å². The number of hydrogen-bond acceptors (Lipinski definition) is 5. The molecule has 3 fully saturated rings. The fourth-order valence-electron chi connectivity index (χ4n) is 4.94. The zero-order valence-electron chi connectivity index (χ0n) is 16.8. The summed E-state index contributed by atoms with van der Waals surface area (Å²) in [5.74, 6) is 0.572. The first-order valence-corrected chi connectivity index (χ1v) is 10.7. The molecule has 3 aliphatic rings. The van der Waals surface area contributed by atoms with Crippen molar-refractivity contribution in [2.24, 2.45) is 5.92 Å². The molecular formula is C21H31N5O2. The van der Waals surface area contributed by atoms with Crippen LogP contribution in [-0.2, 0) is 4.79 Å². The normalized spacial score (nSPS) is 24.5. The van der Waals surface area contributed by atoms with Crippen molar-refractivity contribution in [1.29, 1.82) is 0 Å². The zero-order chi connectivity index (χ0) is 19.5. The highest BCUT2D eigenvalue weighted by Crippen LogP contribution is 2.26. The number of carbonyl (C=O) groups is 2. The van der Waals surface area contributed by atoms with Gasteiger partial charge in [-0.2, -0.15) is 0 Å². The Balaban J connectivity index is 1.31. The summed E-state index contributed by atoms with van der Waals surface area (Å²) in [6.45, 7) is 7.23. The van der Waals surface area contributed by atoms with Gasteiger partial charge in [-0.3, -0.25) is 14.5 Å². The Labute approximate surface area is 167 Å². The number of piperidine rings is 2. The van der Waals surface area contributed by atoms with E-state index in [2.05, 4.69) is 19.8 Å². The Bertz CT molecular complexity index is 711. The van der Waals surface area contributed by atoms with E-state index in [1.165, 1.54) is 6.33 Å². The van der Waals surface area contributed by atoms with Gasteiger partial charge in [0.15, 0.2) is 0 Å². The number of hydrogen-bond donors (Lipinski definition) is 0. The van der Waals surface area contributed by atoms with Crippen LogP contribution in [0.25, 0.3) is 0 Å². The van der Waals surface area contributed by atoms with Gasteiger partial charge in [0.2, 0.25) is 5.91 Å². The third kappa shape index (κ3) is 4.04. The Morgan fingerprint density at radius 2 is 1.71 bits per heavy atom. The molecule has 7 nitrogen and oxygen atoms in total. The van der Waals surface area contributed by atoms with E-state index < -0.39 is 0 Å². The van der Waals surface area contributed by atoms with E-state index in [1.54, 1.807) is 6.20 Å². The lowest BCUT2D eigenvalue weighted by molar-refractivity contribution is -0.136. The van der Waals surface area contributed by atoms with Crippen molar-refractivity contribution in [3.8, 4) is 0 Å². The Hall–Kier alpha value is -2.02. The third-order valence-corrected chi connectivity index (χ3v) is 6.63. The van der Waals surface area contributed by atoms with Gasteiger partial charge in [0.25, 0.3) is 5.91 Å². The molecule has 152 valence electrons. The molecule has 1 atom stereocenters. The monoisotopic (exact) mass is 385 g/mol. The molecule has 0 spiro atoms. The van der Waals surface area contributed by atoms with Gasteiger partial charge in [-0.05, 0) is 52.0 Å². The van der Waals surface area contributed by atoms with Crippen molar-refractivity contribution in [2.75, 3.05) is 39.3 Å². The fraction of sp³-hybridized carbons (Fsp3) is 0.714. The van der Waals surface area contributed by atoms with Crippen molar-refractivity contribution in [3.05, 3.63) is 23.8 Å². The van der Waals surface area contributed by atoms with E-state index in [1.807, 2.05) is 11.8 Å². The van der Waals surface area contributed by atoms with E-state index in [-0.39, 0.29) is 11.8 Å². The SMILES string of the molecule is Cc1ncncc1C(=O)N1CCC(N2CCCC(C(=O)N3CCCC3)C2)CC1. The van der Waals surface area contributed by atoms with Gasteiger partial charge in [-0.25, -0.2) is 9.97 Å². The summed E-state index contributed by atoms with van der Waals surface area (Å²) in [5.41, 5.74) is 1.34. The highest BCUT2D eigenvalue weighted by atomic mass is 16.2. The lowest BCUT2D eigenvalue weighted by Crippen LogP contribution is -2.51. The number of likely N-dealkylation sites (tertiary alicyclic amines) is 3. The van der Waals surface area contributed by atoms with Crippen molar-refractivity contribution in [1.82, 2.24) is 24.7 Å². The summed E-state index contributed by atoms with van der Waals surface area (Å²) in [7, 11) is 0. The van der Waals surface area contributed by atoms with Crippen LogP contribution in [0.2, 0.25) is 0 Å². The van der Waals surface area contributed by atoms with E-state index in [0.29, 0.717) is 17.5 Å². The number of rotatable bonds is 3. The molecule has 0 aliphatic carbocycles. The van der Waals surface area contributed by atoms with Crippen molar-refractivity contribution in [3.63, 3.8) is 0 Å². The second-order valence-electron chi connectivity index (χ2n) is 8.41. The second-order valence-corrected chi connectivity index (χ2v) is 8.41. The molecule has 1 unspecified atom stereocenters. The summed E-state index contributed by atoms with van der Waals surface area (Å²) in [5, 5.41) is 0. The molecule has 0 aromatic carbocycles. The smallest absolute Gasteiger partial charge is 0.257 e. The lowest BCUT2D eigenvalue weighted by Gasteiger charge is -2.42. The van der Waals surface area contributed by atoms with Crippen LogP contribution in [-0.4, -0.2) is 81.8 Å². The van der Waals surface area contributed by atoms with Crippen LogP contribution in [0.3, 0.4) is 0 Å². The Kier molecular flexibility index (Phi) is 5.90. The van der Waals surface area contributed by atoms with Crippen molar-refractivity contribution < 1.29 is 9.59 Å². The molecule has 0 bridgehead atoms. The number of aryl methyl sites for hydroxylation is 1. The fourth-order valence-corrected chi connectivity index (χ4v) is 4.94. The molecule has 3 saturated heterocycles. The first-order chi connectivity index (χ1) is 13.6. The molecule has 1 aromatic heterocycles. The first-order valence-electron chi connectivity index (χ1n) is 10.7. The largest absolute Gasteiger partial charge is 0.342 e. The predicted molar refractivity (Wildman–Crippen MR) is 106 cm³/mol. The second kappa shape index (κ2) is 8.55. The van der Waals surface area contributed by atoms with Gasteiger partial charge in [0.05, 0.1) is 17.2 Å². The van der Waals surface area contributed by atoms with Gasteiger partial charge in [0, 0.05) is 45.0 Å². The number of aromatic nitrogens is 2. The summed E-state index contributed by atoms with van der Waals surface area (Å²) in [6, 6.07) is 0.478. The molecule has 4 heterocycles. The highest BCUT2D eigenvalue weighted by Gasteiger charge is 2.35. The van der Waals surface area contributed by atoms with Crippen LogP contribution in [0.15, 0.2) is 12.5 Å². The van der Waals surface area contributed by atoms with Crippen LogP contribution in [0.5, 0.6) is 0 Å². The number of nitrogens with zero attached hydrogens (tertiary/aromatic N) is 5. The van der Waals surface area contributed by atoms with Crippen LogP contribution >= 0.6 is 0 Å². The molecular weight excluding hydrogens is 354 g/mol. The molecule has 4 rings (SSSR count). The maximum atomic E-state index is 12.8. The van der Waals surface area contributed by atoms with Crippen LogP contribution < -0.4 is 0 Å². The molecule has 0 saturated carbocycles. The van der Waals surface area contributed by atoms with Gasteiger partial charge in [0.1, 0.15) is 6.33 Å². The van der Waals surface area contributed by atoms with Crippen molar-refractivity contribution in [2.45, 2.75) is 51.5 Å². The summed E-state index contributed by atoms with van der Waals surface area (Å²) in [6.07, 6.45) is 9.48.